The van der Waals surface area contributed by atoms with Crippen LogP contribution in [0.5, 0.6) is 0 Å². The van der Waals surface area contributed by atoms with Crippen LogP contribution in [-0.2, 0) is 4.79 Å². The molecule has 0 atom stereocenters. The number of carboxylic acids is 1. The Morgan fingerprint density at radius 1 is 0.559 bits per heavy atom. The maximum atomic E-state index is 12.1. The molecule has 0 unspecified atom stereocenters. The van der Waals surface area contributed by atoms with E-state index in [9.17, 15) is 14.4 Å². The summed E-state index contributed by atoms with van der Waals surface area (Å²) in [7, 11) is 0. The number of halogens is 4. The third-order valence-electron chi connectivity index (χ3n) is 10.3. The molecule has 0 aliphatic heterocycles. The predicted molar refractivity (Wildman–Crippen MR) is 290 cm³/mol. The molecule has 344 valence electrons. The zero-order valence-electron chi connectivity index (χ0n) is 35.9. The van der Waals surface area contributed by atoms with Gasteiger partial charge in [0.05, 0.1) is 0 Å². The molecule has 10 aromatic rings. The third kappa shape index (κ3) is 11.6. The van der Waals surface area contributed by atoms with E-state index in [0.717, 1.165) is 96.8 Å². The molecule has 11 rings (SSSR count). The van der Waals surface area contributed by atoms with Crippen LogP contribution in [-0.4, -0.2) is 45.6 Å². The first-order valence-electron chi connectivity index (χ1n) is 20.3. The van der Waals surface area contributed by atoms with Crippen molar-refractivity contribution in [3.05, 3.63) is 192 Å². The summed E-state index contributed by atoms with van der Waals surface area (Å²) in [5, 5.41) is 23.9. The average molecular weight is 1160 g/mol. The molecule has 0 fully saturated rings. The number of fused-ring (bicyclic) bond motifs is 11. The molecule has 1 heterocycles. The SMILES string of the molecule is Brc1ccc2c3ccc(Br)cc3c3oc(-c4cccc5ccccc45)nc3c2c1.C.CC(=O)O.CCO.N.O=C1C(=O)c2cc(Br)ccc2-c2ccc(Br)cc21.O=Cc1cccc2ccccc12. The molecule has 13 heteroatoms. The Balaban J connectivity index is 0.000000190. The van der Waals surface area contributed by atoms with E-state index in [1.807, 2.05) is 78.9 Å². The van der Waals surface area contributed by atoms with Gasteiger partial charge in [-0.2, -0.15) is 0 Å². The standard InChI is InChI=1S/C25H13Br2NO.C14H6Br2O2.C11H8O.C2H4O2.C2H6O.CH4.H3N/c26-15-8-10-18-19-11-9-16(27)13-22(19)24-23(21(18)12-15)28-25(29-24)20-7-3-5-14-4-1-2-6-17(14)20;15-7-1-3-9-10-4-2-8(16)6-12(10)14(18)13(17)11(9)5-7;12-8-10-6-3-5-9-4-1-2-7-11(9)10;1-2(3)4;1-2-3;;/h1-13H;1-6H;1-8H;1H3,(H,3,4);3H,2H2,1H3;1H4;1H3. The van der Waals surface area contributed by atoms with Crippen molar-refractivity contribution >= 4 is 142 Å². The average Bonchev–Trinajstić information content (AvgIpc) is 3.77. The molecular formula is C55H44Br4N2O7. The molecule has 0 saturated heterocycles. The van der Waals surface area contributed by atoms with Crippen molar-refractivity contribution in [1.29, 1.82) is 0 Å². The van der Waals surface area contributed by atoms with E-state index in [0.29, 0.717) is 17.0 Å². The van der Waals surface area contributed by atoms with Gasteiger partial charge in [-0.25, -0.2) is 4.98 Å². The van der Waals surface area contributed by atoms with E-state index in [1.165, 1.54) is 10.8 Å². The maximum absolute atomic E-state index is 12.1. The molecule has 0 spiro atoms. The normalized spacial score (nSPS) is 10.9. The van der Waals surface area contributed by atoms with E-state index in [2.05, 4.69) is 130 Å². The van der Waals surface area contributed by atoms with E-state index in [1.54, 1.807) is 19.1 Å². The largest absolute Gasteiger partial charge is 0.481 e. The van der Waals surface area contributed by atoms with Crippen LogP contribution in [0.3, 0.4) is 0 Å². The van der Waals surface area contributed by atoms with Gasteiger partial charge in [0.15, 0.2) is 11.9 Å². The van der Waals surface area contributed by atoms with Crippen LogP contribution in [0.25, 0.3) is 76.8 Å². The maximum Gasteiger partial charge on any atom is 0.300 e. The van der Waals surface area contributed by atoms with E-state index >= 15 is 0 Å². The molecule has 68 heavy (non-hydrogen) atoms. The first-order chi connectivity index (χ1) is 31.8. The number of aliphatic hydroxyl groups is 1. The van der Waals surface area contributed by atoms with Crippen LogP contribution in [0.2, 0.25) is 0 Å². The highest BCUT2D eigenvalue weighted by Gasteiger charge is 2.30. The summed E-state index contributed by atoms with van der Waals surface area (Å²) in [6.45, 7) is 3.01. The van der Waals surface area contributed by atoms with Gasteiger partial charge in [0.1, 0.15) is 5.52 Å². The quantitative estimate of drug-likeness (QED) is 0.0866. The van der Waals surface area contributed by atoms with Gasteiger partial charge < -0.3 is 20.8 Å². The molecule has 1 aromatic heterocycles. The van der Waals surface area contributed by atoms with Gasteiger partial charge in [-0.1, -0.05) is 174 Å². The zero-order chi connectivity index (χ0) is 47.1. The van der Waals surface area contributed by atoms with Gasteiger partial charge in [0, 0.05) is 64.4 Å². The number of oxazole rings is 1. The van der Waals surface area contributed by atoms with Crippen molar-refractivity contribution in [3.8, 4) is 22.6 Å². The van der Waals surface area contributed by atoms with Gasteiger partial charge in [0.25, 0.3) is 5.97 Å². The van der Waals surface area contributed by atoms with Crippen LogP contribution < -0.4 is 6.15 Å². The Hall–Kier alpha value is -6.19. The number of carboxylic acid groups (broad SMARTS) is 1. The van der Waals surface area contributed by atoms with Crippen molar-refractivity contribution in [3.63, 3.8) is 0 Å². The van der Waals surface area contributed by atoms with Crippen molar-refractivity contribution < 1.29 is 33.8 Å². The molecule has 0 radical (unpaired) electrons. The summed E-state index contributed by atoms with van der Waals surface area (Å²) in [6.07, 6.45) is 0.891. The first kappa shape index (κ1) is 52.8. The lowest BCUT2D eigenvalue weighted by atomic mass is 9.84. The van der Waals surface area contributed by atoms with Crippen LogP contribution in [0.1, 0.15) is 52.3 Å². The first-order valence-corrected chi connectivity index (χ1v) is 23.5. The van der Waals surface area contributed by atoms with Crippen molar-refractivity contribution in [2.75, 3.05) is 6.61 Å². The second-order valence-corrected chi connectivity index (χ2v) is 18.3. The second-order valence-electron chi connectivity index (χ2n) is 14.7. The molecule has 5 N–H and O–H groups in total. The summed E-state index contributed by atoms with van der Waals surface area (Å²) < 4.78 is 10.1. The highest BCUT2D eigenvalue weighted by Crippen LogP contribution is 2.41. The molecule has 1 aliphatic rings. The van der Waals surface area contributed by atoms with Gasteiger partial charge in [-0.3, -0.25) is 19.2 Å². The summed E-state index contributed by atoms with van der Waals surface area (Å²) in [5.41, 5.74) is 6.01. The summed E-state index contributed by atoms with van der Waals surface area (Å²) >= 11 is 13.9. The van der Waals surface area contributed by atoms with Crippen LogP contribution in [0, 0.1) is 0 Å². The van der Waals surface area contributed by atoms with Crippen LogP contribution in [0.15, 0.2) is 180 Å². The number of rotatable bonds is 2. The second kappa shape index (κ2) is 23.7. The number of nitrogens with zero attached hydrogens (tertiary/aromatic N) is 1. The molecular weight excluding hydrogens is 1120 g/mol. The third-order valence-corrected chi connectivity index (χ3v) is 12.3. The van der Waals surface area contributed by atoms with Gasteiger partial charge in [0.2, 0.25) is 17.5 Å². The van der Waals surface area contributed by atoms with E-state index in [-0.39, 0.29) is 20.2 Å². The number of carbonyl (C=O) groups is 4. The highest BCUT2D eigenvalue weighted by atomic mass is 79.9. The number of ketones is 2. The Kier molecular flexibility index (Phi) is 18.4. The summed E-state index contributed by atoms with van der Waals surface area (Å²) in [6, 6.07) is 51.6. The Morgan fingerprint density at radius 3 is 1.53 bits per heavy atom. The van der Waals surface area contributed by atoms with E-state index < -0.39 is 17.5 Å². The van der Waals surface area contributed by atoms with Gasteiger partial charge in [-0.05, 0) is 105 Å². The zero-order valence-corrected chi connectivity index (χ0v) is 42.2. The number of aromatic nitrogens is 1. The lowest BCUT2D eigenvalue weighted by Gasteiger charge is -2.18. The van der Waals surface area contributed by atoms with Crippen molar-refractivity contribution in [2.24, 2.45) is 0 Å². The molecule has 9 nitrogen and oxygen atoms in total. The fourth-order valence-corrected chi connectivity index (χ4v) is 9.02. The number of hydrogen-bond acceptors (Lipinski definition) is 8. The predicted octanol–water partition coefficient (Wildman–Crippen LogP) is 16.3. The smallest absolute Gasteiger partial charge is 0.300 e. The fourth-order valence-electron chi connectivity index (χ4n) is 7.58. The molecule has 0 saturated carbocycles. The monoisotopic (exact) mass is 1160 g/mol. The lowest BCUT2D eigenvalue weighted by molar-refractivity contribution is -0.134. The van der Waals surface area contributed by atoms with Crippen LogP contribution in [0.4, 0.5) is 0 Å². The summed E-state index contributed by atoms with van der Waals surface area (Å²) in [4.78, 5) is 48.7. The van der Waals surface area contributed by atoms with Crippen molar-refractivity contribution in [2.45, 2.75) is 21.3 Å². The molecule has 1 aliphatic carbocycles. The number of hydrogen-bond donors (Lipinski definition) is 3. The minimum absolute atomic E-state index is 0. The summed E-state index contributed by atoms with van der Waals surface area (Å²) in [5.74, 6) is -1.08. The topological polar surface area (TPSA) is 170 Å². The minimum Gasteiger partial charge on any atom is -0.481 e. The van der Waals surface area contributed by atoms with E-state index in [4.69, 9.17) is 24.4 Å². The number of aliphatic hydroxyl groups excluding tert-OH is 1. The van der Waals surface area contributed by atoms with Crippen molar-refractivity contribution in [1.82, 2.24) is 11.1 Å². The van der Waals surface area contributed by atoms with Gasteiger partial charge in [-0.15, -0.1) is 0 Å². The number of benzene rings is 9. The molecule has 0 bridgehead atoms. The minimum atomic E-state index is -0.833. The molecule has 9 aromatic carbocycles. The Labute approximate surface area is 426 Å². The Morgan fingerprint density at radius 2 is 0.985 bits per heavy atom. The molecule has 0 amide bonds. The Bertz CT molecular complexity index is 3340. The number of aliphatic carboxylic acids is 1. The fraction of sp³-hybridized carbons (Fsp3) is 0.0727. The lowest BCUT2D eigenvalue weighted by Crippen LogP contribution is -2.21. The van der Waals surface area contributed by atoms with Gasteiger partial charge >= 0.3 is 0 Å². The number of Topliss-reactive ketones (excluding diaryl/α,β-unsaturated/α-hetero) is 2. The highest BCUT2D eigenvalue weighted by molar-refractivity contribution is 9.11. The number of carbonyl (C=O) groups excluding carboxylic acids is 3. The number of aldehydes is 1. The van der Waals surface area contributed by atoms with Crippen LogP contribution >= 0.6 is 63.7 Å².